The molecule has 1 aromatic carbocycles. The zero-order chi connectivity index (χ0) is 17.8. The molecule has 1 aliphatic heterocycles. The number of ether oxygens (including phenoxy) is 2. The molecule has 1 amide bonds. The lowest BCUT2D eigenvalue weighted by molar-refractivity contribution is -0.0532. The normalized spacial score (nSPS) is 17.5. The third-order valence-corrected chi connectivity index (χ3v) is 3.93. The van der Waals surface area contributed by atoms with Crippen molar-refractivity contribution in [2.24, 2.45) is 0 Å². The topological polar surface area (TPSA) is 93.9 Å². The third-order valence-electron chi connectivity index (χ3n) is 3.93. The Bertz CT molecular complexity index is 757. The van der Waals surface area contributed by atoms with Crippen molar-refractivity contribution in [2.75, 3.05) is 33.4 Å². The summed E-state index contributed by atoms with van der Waals surface area (Å²) in [4.78, 5) is 25.9. The van der Waals surface area contributed by atoms with Crippen LogP contribution in [0.3, 0.4) is 0 Å². The Morgan fingerprint density at radius 3 is 2.80 bits per heavy atom. The van der Waals surface area contributed by atoms with E-state index in [1.54, 1.807) is 36.3 Å². The monoisotopic (exact) mass is 345 g/mol. The van der Waals surface area contributed by atoms with E-state index in [2.05, 4.69) is 5.10 Å². The van der Waals surface area contributed by atoms with Crippen LogP contribution in [0.2, 0.25) is 0 Å². The van der Waals surface area contributed by atoms with Gasteiger partial charge in [-0.15, -0.1) is 0 Å². The molecule has 1 aliphatic rings. The summed E-state index contributed by atoms with van der Waals surface area (Å²) < 4.78 is 12.0. The lowest BCUT2D eigenvalue weighted by Crippen LogP contribution is -2.47. The number of aromatic carboxylic acids is 1. The van der Waals surface area contributed by atoms with E-state index in [0.29, 0.717) is 32.0 Å². The minimum absolute atomic E-state index is 0.172. The van der Waals surface area contributed by atoms with Gasteiger partial charge in [-0.3, -0.25) is 4.79 Å². The molecule has 8 heteroatoms. The first-order valence-electron chi connectivity index (χ1n) is 7.88. The molecule has 8 nitrogen and oxygen atoms in total. The number of carboxylic acid groups (broad SMARTS) is 1. The van der Waals surface area contributed by atoms with Gasteiger partial charge in [-0.2, -0.15) is 5.10 Å². The van der Waals surface area contributed by atoms with Crippen LogP contribution in [-0.2, 0) is 9.47 Å². The summed E-state index contributed by atoms with van der Waals surface area (Å²) in [6.45, 7) is 1.61. The summed E-state index contributed by atoms with van der Waals surface area (Å²) in [5, 5.41) is 13.3. The van der Waals surface area contributed by atoms with Crippen LogP contribution in [0.1, 0.15) is 21.0 Å². The predicted molar refractivity (Wildman–Crippen MR) is 88.0 cm³/mol. The fourth-order valence-electron chi connectivity index (χ4n) is 2.76. The van der Waals surface area contributed by atoms with E-state index in [4.69, 9.17) is 9.47 Å². The Morgan fingerprint density at radius 1 is 1.36 bits per heavy atom. The van der Waals surface area contributed by atoms with Crippen LogP contribution in [0.25, 0.3) is 5.69 Å². The van der Waals surface area contributed by atoms with Gasteiger partial charge in [0.25, 0.3) is 5.91 Å². The molecule has 1 atom stereocenters. The molecule has 3 rings (SSSR count). The Labute approximate surface area is 144 Å². The number of aromatic nitrogens is 2. The summed E-state index contributed by atoms with van der Waals surface area (Å²) in [5.41, 5.74) is 0.663. The molecule has 1 saturated heterocycles. The van der Waals surface area contributed by atoms with Gasteiger partial charge in [0.1, 0.15) is 5.69 Å². The molecule has 2 heterocycles. The molecule has 1 N–H and O–H groups in total. The Hall–Kier alpha value is -2.71. The lowest BCUT2D eigenvalue weighted by Gasteiger charge is -2.32. The van der Waals surface area contributed by atoms with Crippen LogP contribution in [0.5, 0.6) is 0 Å². The van der Waals surface area contributed by atoms with Gasteiger partial charge in [0, 0.05) is 26.3 Å². The second-order valence-electron chi connectivity index (χ2n) is 5.67. The molecular weight excluding hydrogens is 326 g/mol. The summed E-state index contributed by atoms with van der Waals surface area (Å²) in [6, 6.07) is 10.3. The number of carbonyl (C=O) groups is 2. The van der Waals surface area contributed by atoms with Crippen LogP contribution < -0.4 is 0 Å². The number of carbonyl (C=O) groups excluding carboxylic acids is 1. The van der Waals surface area contributed by atoms with Crippen molar-refractivity contribution >= 4 is 11.9 Å². The van der Waals surface area contributed by atoms with Gasteiger partial charge in [0.05, 0.1) is 25.0 Å². The number of hydrogen-bond donors (Lipinski definition) is 1. The zero-order valence-corrected chi connectivity index (χ0v) is 13.8. The van der Waals surface area contributed by atoms with Gasteiger partial charge in [-0.25, -0.2) is 9.48 Å². The number of amides is 1. The average Bonchev–Trinajstić information content (AvgIpc) is 3.08. The van der Waals surface area contributed by atoms with E-state index in [1.165, 1.54) is 10.7 Å². The van der Waals surface area contributed by atoms with Crippen molar-refractivity contribution in [1.82, 2.24) is 14.7 Å². The molecule has 0 aliphatic carbocycles. The van der Waals surface area contributed by atoms with Crippen molar-refractivity contribution < 1.29 is 24.2 Å². The molecule has 1 fully saturated rings. The van der Waals surface area contributed by atoms with E-state index in [9.17, 15) is 14.7 Å². The predicted octanol–water partition coefficient (Wildman–Crippen LogP) is 1.06. The first-order chi connectivity index (χ1) is 12.1. The number of carboxylic acids is 1. The Kier molecular flexibility index (Phi) is 5.11. The number of nitrogens with zero attached hydrogens (tertiary/aromatic N) is 3. The van der Waals surface area contributed by atoms with Gasteiger partial charge in [-0.05, 0) is 12.1 Å². The molecule has 2 aromatic rings. The SMILES string of the molecule is COC[C@@H]1CN(C(=O)c2cc(C(=O)O)nn2-c2ccccc2)CCO1. The van der Waals surface area contributed by atoms with E-state index < -0.39 is 5.97 Å². The minimum atomic E-state index is -1.18. The highest BCUT2D eigenvalue weighted by Crippen LogP contribution is 2.17. The largest absolute Gasteiger partial charge is 0.476 e. The molecule has 0 saturated carbocycles. The maximum atomic E-state index is 13.0. The molecule has 0 unspecified atom stereocenters. The van der Waals surface area contributed by atoms with Gasteiger partial charge in [0.15, 0.2) is 5.69 Å². The number of hydrogen-bond acceptors (Lipinski definition) is 5. The number of methoxy groups -OCH3 is 1. The van der Waals surface area contributed by atoms with Crippen molar-refractivity contribution in [3.63, 3.8) is 0 Å². The molecule has 1 aromatic heterocycles. The maximum Gasteiger partial charge on any atom is 0.356 e. The Morgan fingerprint density at radius 2 is 2.12 bits per heavy atom. The van der Waals surface area contributed by atoms with E-state index in [-0.39, 0.29) is 23.4 Å². The molecular formula is C17H19N3O5. The fraction of sp³-hybridized carbons (Fsp3) is 0.353. The summed E-state index contributed by atoms with van der Waals surface area (Å²) in [6.07, 6.45) is -0.199. The van der Waals surface area contributed by atoms with Crippen molar-refractivity contribution in [3.05, 3.63) is 47.8 Å². The van der Waals surface area contributed by atoms with Crippen LogP contribution in [0.4, 0.5) is 0 Å². The molecule has 0 radical (unpaired) electrons. The van der Waals surface area contributed by atoms with Gasteiger partial charge < -0.3 is 19.5 Å². The molecule has 0 bridgehead atoms. The molecule has 0 spiro atoms. The number of para-hydroxylation sites is 1. The second kappa shape index (κ2) is 7.45. The van der Waals surface area contributed by atoms with Crippen LogP contribution in [0, 0.1) is 0 Å². The first-order valence-corrected chi connectivity index (χ1v) is 7.88. The minimum Gasteiger partial charge on any atom is -0.476 e. The summed E-state index contributed by atoms with van der Waals surface area (Å²) in [5.74, 6) is -1.46. The van der Waals surface area contributed by atoms with Crippen LogP contribution in [0.15, 0.2) is 36.4 Å². The fourth-order valence-corrected chi connectivity index (χ4v) is 2.76. The second-order valence-corrected chi connectivity index (χ2v) is 5.67. The lowest BCUT2D eigenvalue weighted by atomic mass is 10.2. The van der Waals surface area contributed by atoms with Crippen LogP contribution in [-0.4, -0.2) is 71.2 Å². The molecule has 132 valence electrons. The van der Waals surface area contributed by atoms with E-state index >= 15 is 0 Å². The summed E-state index contributed by atoms with van der Waals surface area (Å²) in [7, 11) is 1.58. The highest BCUT2D eigenvalue weighted by atomic mass is 16.5. The number of morpholine rings is 1. The third kappa shape index (κ3) is 3.70. The van der Waals surface area contributed by atoms with Gasteiger partial charge in [0.2, 0.25) is 0 Å². The van der Waals surface area contributed by atoms with Crippen molar-refractivity contribution in [3.8, 4) is 5.69 Å². The standard InChI is InChI=1S/C17H19N3O5/c1-24-11-13-10-19(7-8-25-13)16(21)15-9-14(17(22)23)18-20(15)12-5-3-2-4-6-12/h2-6,9,13H,7-8,10-11H2,1H3,(H,22,23)/t13-/m0/s1. The number of rotatable bonds is 5. The van der Waals surface area contributed by atoms with Gasteiger partial charge >= 0.3 is 5.97 Å². The smallest absolute Gasteiger partial charge is 0.356 e. The summed E-state index contributed by atoms with van der Waals surface area (Å²) >= 11 is 0. The quantitative estimate of drug-likeness (QED) is 0.871. The van der Waals surface area contributed by atoms with Crippen molar-refractivity contribution in [2.45, 2.75) is 6.10 Å². The highest BCUT2D eigenvalue weighted by molar-refractivity contribution is 5.96. The molecule has 25 heavy (non-hydrogen) atoms. The van der Waals surface area contributed by atoms with Gasteiger partial charge in [-0.1, -0.05) is 18.2 Å². The van der Waals surface area contributed by atoms with Crippen molar-refractivity contribution in [1.29, 1.82) is 0 Å². The average molecular weight is 345 g/mol. The Balaban J connectivity index is 1.92. The maximum absolute atomic E-state index is 13.0. The number of benzene rings is 1. The van der Waals surface area contributed by atoms with E-state index in [1.807, 2.05) is 6.07 Å². The van der Waals surface area contributed by atoms with Crippen LogP contribution >= 0.6 is 0 Å². The zero-order valence-electron chi connectivity index (χ0n) is 13.8. The first kappa shape index (κ1) is 17.1. The highest BCUT2D eigenvalue weighted by Gasteiger charge is 2.28. The van der Waals surface area contributed by atoms with E-state index in [0.717, 1.165) is 0 Å².